The van der Waals surface area contributed by atoms with E-state index < -0.39 is 0 Å². The zero-order valence-electron chi connectivity index (χ0n) is 11.7. The van der Waals surface area contributed by atoms with Crippen molar-refractivity contribution in [2.24, 2.45) is 0 Å². The predicted molar refractivity (Wildman–Crippen MR) is 80.1 cm³/mol. The second-order valence-electron chi connectivity index (χ2n) is 4.85. The highest BCUT2D eigenvalue weighted by atomic mass is 16.5. The number of methoxy groups -OCH3 is 1. The molecule has 0 aliphatic heterocycles. The summed E-state index contributed by atoms with van der Waals surface area (Å²) in [5, 5.41) is 3.16. The second kappa shape index (κ2) is 5.50. The lowest BCUT2D eigenvalue weighted by atomic mass is 9.83. The molecule has 4 heteroatoms. The molecule has 0 heterocycles. The van der Waals surface area contributed by atoms with E-state index >= 15 is 0 Å². The Morgan fingerprint density at radius 2 is 1.57 bits per heavy atom. The highest BCUT2D eigenvalue weighted by molar-refractivity contribution is 6.30. The molecule has 0 bridgehead atoms. The number of nitrogens with one attached hydrogen (secondary N) is 1. The number of carbonyl (C=O) groups is 2. The van der Waals surface area contributed by atoms with Crippen molar-refractivity contribution in [1.82, 2.24) is 0 Å². The molecule has 4 nitrogen and oxygen atoms in total. The van der Waals surface area contributed by atoms with E-state index in [1.54, 1.807) is 43.5 Å². The molecule has 21 heavy (non-hydrogen) atoms. The van der Waals surface area contributed by atoms with Gasteiger partial charge in [0.2, 0.25) is 0 Å². The highest BCUT2D eigenvalue weighted by Crippen LogP contribution is 2.31. The quantitative estimate of drug-likeness (QED) is 0.747. The lowest BCUT2D eigenvalue weighted by Gasteiger charge is -2.20. The van der Waals surface area contributed by atoms with Gasteiger partial charge in [-0.3, -0.25) is 9.59 Å². The Morgan fingerprint density at radius 1 is 0.905 bits per heavy atom. The van der Waals surface area contributed by atoms with Crippen molar-refractivity contribution >= 4 is 17.3 Å². The molecule has 3 rings (SSSR count). The Kier molecular flexibility index (Phi) is 3.54. The van der Waals surface area contributed by atoms with E-state index in [-0.39, 0.29) is 11.6 Å². The zero-order valence-corrected chi connectivity index (χ0v) is 11.7. The van der Waals surface area contributed by atoms with Crippen LogP contribution in [-0.2, 0) is 4.74 Å². The normalized spacial score (nSPS) is 12.8. The van der Waals surface area contributed by atoms with Gasteiger partial charge in [0.15, 0.2) is 11.6 Å². The molecule has 0 spiro atoms. The Labute approximate surface area is 122 Å². The van der Waals surface area contributed by atoms with Crippen molar-refractivity contribution in [2.75, 3.05) is 25.6 Å². The minimum absolute atomic E-state index is 0.101. The van der Waals surface area contributed by atoms with Crippen LogP contribution in [0.3, 0.4) is 0 Å². The van der Waals surface area contributed by atoms with E-state index in [1.165, 1.54) is 0 Å². The summed E-state index contributed by atoms with van der Waals surface area (Å²) in [4.78, 5) is 25.2. The first-order valence-corrected chi connectivity index (χ1v) is 6.78. The maximum Gasteiger partial charge on any atom is 0.196 e. The van der Waals surface area contributed by atoms with Gasteiger partial charge in [-0.25, -0.2) is 0 Å². The van der Waals surface area contributed by atoms with Crippen LogP contribution in [0.1, 0.15) is 31.8 Å². The summed E-state index contributed by atoms with van der Waals surface area (Å²) in [6.45, 7) is 1.11. The summed E-state index contributed by atoms with van der Waals surface area (Å²) < 4.78 is 5.00. The first-order chi connectivity index (χ1) is 10.2. The number of ketones is 2. The van der Waals surface area contributed by atoms with Crippen LogP contribution < -0.4 is 5.32 Å². The molecule has 0 saturated carbocycles. The third-order valence-electron chi connectivity index (χ3n) is 3.57. The Balaban J connectivity index is 2.08. The molecule has 0 unspecified atom stereocenters. The molecule has 0 fully saturated rings. The van der Waals surface area contributed by atoms with Gasteiger partial charge in [0.1, 0.15) is 0 Å². The van der Waals surface area contributed by atoms with Crippen LogP contribution in [0.25, 0.3) is 0 Å². The molecule has 1 aliphatic rings. The fraction of sp³-hybridized carbons (Fsp3) is 0.176. The number of rotatable bonds is 4. The fourth-order valence-corrected chi connectivity index (χ4v) is 2.58. The lowest BCUT2D eigenvalue weighted by Crippen LogP contribution is -2.23. The van der Waals surface area contributed by atoms with E-state index in [0.29, 0.717) is 41.1 Å². The number of ether oxygens (including phenoxy) is 1. The fourth-order valence-electron chi connectivity index (χ4n) is 2.58. The van der Waals surface area contributed by atoms with Crippen LogP contribution in [0.2, 0.25) is 0 Å². The van der Waals surface area contributed by atoms with Crippen molar-refractivity contribution in [3.8, 4) is 0 Å². The van der Waals surface area contributed by atoms with E-state index in [9.17, 15) is 9.59 Å². The van der Waals surface area contributed by atoms with Gasteiger partial charge in [0.25, 0.3) is 0 Å². The molecule has 0 atom stereocenters. The summed E-state index contributed by atoms with van der Waals surface area (Å²) in [5.41, 5.74) is 2.54. The van der Waals surface area contributed by atoms with Gasteiger partial charge < -0.3 is 10.1 Å². The van der Waals surface area contributed by atoms with Crippen molar-refractivity contribution < 1.29 is 14.3 Å². The molecule has 0 radical (unpaired) electrons. The van der Waals surface area contributed by atoms with Crippen LogP contribution in [0, 0.1) is 0 Å². The average Bonchev–Trinajstić information content (AvgIpc) is 2.53. The van der Waals surface area contributed by atoms with Crippen LogP contribution in [0.15, 0.2) is 42.5 Å². The molecule has 2 aromatic rings. The van der Waals surface area contributed by atoms with E-state index in [2.05, 4.69) is 5.32 Å². The molecule has 2 aromatic carbocycles. The summed E-state index contributed by atoms with van der Waals surface area (Å²) in [6.07, 6.45) is 0. The molecule has 0 amide bonds. The first-order valence-electron chi connectivity index (χ1n) is 6.78. The van der Waals surface area contributed by atoms with Crippen LogP contribution in [0.4, 0.5) is 5.69 Å². The molecule has 1 aliphatic carbocycles. The molecule has 0 aromatic heterocycles. The van der Waals surface area contributed by atoms with E-state index in [0.717, 1.165) is 0 Å². The van der Waals surface area contributed by atoms with Gasteiger partial charge in [-0.05, 0) is 6.07 Å². The molecule has 0 saturated heterocycles. The minimum Gasteiger partial charge on any atom is -0.383 e. The standard InChI is InChI=1S/C17H15NO3/c1-21-10-9-18-14-8-4-7-13-15(14)17(20)12-6-3-2-5-11(12)16(13)19/h2-8,18H,9-10H2,1H3. The topological polar surface area (TPSA) is 55.4 Å². The highest BCUT2D eigenvalue weighted by Gasteiger charge is 2.31. The number of benzene rings is 2. The number of hydrogen-bond donors (Lipinski definition) is 1. The summed E-state index contributed by atoms with van der Waals surface area (Å²) in [7, 11) is 1.62. The van der Waals surface area contributed by atoms with E-state index in [4.69, 9.17) is 4.74 Å². The van der Waals surface area contributed by atoms with Crippen molar-refractivity contribution in [3.63, 3.8) is 0 Å². The Morgan fingerprint density at radius 3 is 2.29 bits per heavy atom. The average molecular weight is 281 g/mol. The van der Waals surface area contributed by atoms with E-state index in [1.807, 2.05) is 6.07 Å². The zero-order chi connectivity index (χ0) is 14.8. The maximum absolute atomic E-state index is 12.7. The van der Waals surface area contributed by atoms with Gasteiger partial charge in [-0.15, -0.1) is 0 Å². The third-order valence-corrected chi connectivity index (χ3v) is 3.57. The lowest BCUT2D eigenvalue weighted by molar-refractivity contribution is 0.0979. The summed E-state index contributed by atoms with van der Waals surface area (Å²) in [5.74, 6) is -0.212. The monoisotopic (exact) mass is 281 g/mol. The van der Waals surface area contributed by atoms with Gasteiger partial charge in [0.05, 0.1) is 12.2 Å². The predicted octanol–water partition coefficient (Wildman–Crippen LogP) is 2.52. The van der Waals surface area contributed by atoms with Crippen LogP contribution in [0.5, 0.6) is 0 Å². The summed E-state index contributed by atoms with van der Waals surface area (Å²) in [6, 6.07) is 12.2. The molecule has 1 N–H and O–H groups in total. The molecular formula is C17H15NO3. The van der Waals surface area contributed by atoms with Crippen LogP contribution >= 0.6 is 0 Å². The number of hydrogen-bond acceptors (Lipinski definition) is 4. The smallest absolute Gasteiger partial charge is 0.196 e. The van der Waals surface area contributed by atoms with Gasteiger partial charge in [-0.1, -0.05) is 36.4 Å². The first kappa shape index (κ1) is 13.5. The largest absolute Gasteiger partial charge is 0.383 e. The van der Waals surface area contributed by atoms with Gasteiger partial charge in [0, 0.05) is 36.0 Å². The van der Waals surface area contributed by atoms with Crippen molar-refractivity contribution in [2.45, 2.75) is 0 Å². The molecular weight excluding hydrogens is 266 g/mol. The number of carbonyl (C=O) groups excluding carboxylic acids is 2. The van der Waals surface area contributed by atoms with Gasteiger partial charge >= 0.3 is 0 Å². The molecule has 106 valence electrons. The van der Waals surface area contributed by atoms with Crippen molar-refractivity contribution in [1.29, 1.82) is 0 Å². The summed E-state index contributed by atoms with van der Waals surface area (Å²) >= 11 is 0. The van der Waals surface area contributed by atoms with Crippen molar-refractivity contribution in [3.05, 3.63) is 64.7 Å². The second-order valence-corrected chi connectivity index (χ2v) is 4.85. The number of anilines is 1. The SMILES string of the molecule is COCCNc1cccc2c1C(=O)c1ccccc1C2=O. The third kappa shape index (κ3) is 2.23. The van der Waals surface area contributed by atoms with Crippen LogP contribution in [-0.4, -0.2) is 31.8 Å². The van der Waals surface area contributed by atoms with Gasteiger partial charge in [-0.2, -0.15) is 0 Å². The maximum atomic E-state index is 12.7. The minimum atomic E-state index is -0.110. The Bertz CT molecular complexity index is 722. The number of fused-ring (bicyclic) bond motifs is 2. The Hall–Kier alpha value is -2.46.